The summed E-state index contributed by atoms with van der Waals surface area (Å²) in [4.78, 5) is 0. The number of halogens is 1. The van der Waals surface area contributed by atoms with Crippen LogP contribution in [0.5, 0.6) is 0 Å². The van der Waals surface area contributed by atoms with Crippen molar-refractivity contribution in [3.8, 4) is 0 Å². The average molecular weight is 125 g/mol. The molecule has 0 aromatic carbocycles. The molecule has 0 saturated heterocycles. The van der Waals surface area contributed by atoms with Gasteiger partial charge in [-0.05, 0) is 6.42 Å². The van der Waals surface area contributed by atoms with Gasteiger partial charge >= 0.3 is 0 Å². The van der Waals surface area contributed by atoms with Gasteiger partial charge in [-0.2, -0.15) is 0 Å². The van der Waals surface area contributed by atoms with Gasteiger partial charge in [0.15, 0.2) is 0 Å². The summed E-state index contributed by atoms with van der Waals surface area (Å²) in [6.07, 6.45) is -0.157. The molecule has 0 saturated carbocycles. The van der Waals surface area contributed by atoms with E-state index in [0.29, 0.717) is 6.42 Å². The predicted molar refractivity (Wildman–Crippen MR) is 28.4 cm³/mol. The van der Waals surface area contributed by atoms with Gasteiger partial charge in [-0.25, -0.2) is 0 Å². The van der Waals surface area contributed by atoms with Crippen LogP contribution in [-0.4, -0.2) is 28.8 Å². The van der Waals surface area contributed by atoms with Crippen molar-refractivity contribution in [2.75, 3.05) is 12.5 Å². The normalized spacial score (nSPS) is 14.1. The predicted octanol–water partition coefficient (Wildman–Crippen LogP) is -0.0315. The molecule has 2 N–H and O–H groups in total. The third-order valence-electron chi connectivity index (χ3n) is 0.640. The Morgan fingerprint density at radius 1 is 1.57 bits per heavy atom. The van der Waals surface area contributed by atoms with Crippen molar-refractivity contribution in [3.63, 3.8) is 0 Å². The summed E-state index contributed by atoms with van der Waals surface area (Å²) >= 11 is 5.17. The first kappa shape index (κ1) is 7.21. The maximum Gasteiger partial charge on any atom is 0.0697 e. The quantitative estimate of drug-likeness (QED) is 0.519. The second-order valence-electron chi connectivity index (χ2n) is 1.32. The summed E-state index contributed by atoms with van der Waals surface area (Å²) in [5, 5.41) is 16.7. The molecular weight excluding hydrogens is 115 g/mol. The van der Waals surface area contributed by atoms with Gasteiger partial charge in [-0.15, -0.1) is 11.6 Å². The Bertz CT molecular complexity index is 40.7. The standard InChI is InChI=1S/C4H9ClO2/c5-3-4(7)1-2-6/h4,6-7H,1-3H2/t4-/m0/s1. The first-order valence-electron chi connectivity index (χ1n) is 2.16. The Kier molecular flexibility index (Phi) is 4.50. The summed E-state index contributed by atoms with van der Waals surface area (Å²) in [7, 11) is 0. The summed E-state index contributed by atoms with van der Waals surface area (Å²) < 4.78 is 0. The molecule has 3 heteroatoms. The number of aliphatic hydroxyl groups is 2. The van der Waals surface area contributed by atoms with Gasteiger partial charge in [0.2, 0.25) is 0 Å². The summed E-state index contributed by atoms with van der Waals surface area (Å²) in [5.74, 6) is 0.209. The highest BCUT2D eigenvalue weighted by Gasteiger charge is 1.97. The molecule has 0 aromatic heterocycles. The number of hydrogen-bond donors (Lipinski definition) is 2. The van der Waals surface area contributed by atoms with E-state index >= 15 is 0 Å². The van der Waals surface area contributed by atoms with Gasteiger partial charge in [0.25, 0.3) is 0 Å². The molecule has 44 valence electrons. The van der Waals surface area contributed by atoms with E-state index in [-0.39, 0.29) is 12.5 Å². The Morgan fingerprint density at radius 2 is 2.14 bits per heavy atom. The molecule has 0 amide bonds. The molecule has 2 nitrogen and oxygen atoms in total. The topological polar surface area (TPSA) is 40.5 Å². The number of alkyl halides is 1. The van der Waals surface area contributed by atoms with Crippen LogP contribution in [0.3, 0.4) is 0 Å². The SMILES string of the molecule is OCC[C@H](O)CCl. The summed E-state index contributed by atoms with van der Waals surface area (Å²) in [6.45, 7) is 0.00782. The van der Waals surface area contributed by atoms with Crippen molar-refractivity contribution in [2.24, 2.45) is 0 Å². The van der Waals surface area contributed by atoms with E-state index in [1.807, 2.05) is 0 Å². The molecule has 0 fully saturated rings. The number of rotatable bonds is 3. The van der Waals surface area contributed by atoms with Crippen molar-refractivity contribution in [3.05, 3.63) is 0 Å². The lowest BCUT2D eigenvalue weighted by Crippen LogP contribution is -2.09. The van der Waals surface area contributed by atoms with E-state index in [0.717, 1.165) is 0 Å². The zero-order chi connectivity index (χ0) is 5.70. The van der Waals surface area contributed by atoms with Crippen molar-refractivity contribution >= 4 is 11.6 Å². The molecule has 7 heavy (non-hydrogen) atoms. The fourth-order valence-electron chi connectivity index (χ4n) is 0.226. The minimum absolute atomic E-state index is 0.00782. The molecule has 0 aliphatic heterocycles. The summed E-state index contributed by atoms with van der Waals surface area (Å²) in [6, 6.07) is 0. The van der Waals surface area contributed by atoms with Crippen LogP contribution in [0.2, 0.25) is 0 Å². The molecule has 0 aliphatic carbocycles. The minimum atomic E-state index is -0.535. The fourth-order valence-corrected chi connectivity index (χ4v) is 0.380. The summed E-state index contributed by atoms with van der Waals surface area (Å²) in [5.41, 5.74) is 0. The molecule has 0 aliphatic rings. The second kappa shape index (κ2) is 4.37. The molecule has 1 atom stereocenters. The first-order chi connectivity index (χ1) is 3.31. The molecule has 0 unspecified atom stereocenters. The molecule has 0 radical (unpaired) electrons. The Hall–Kier alpha value is 0.210. The maximum atomic E-state index is 8.57. The van der Waals surface area contributed by atoms with E-state index in [9.17, 15) is 0 Å². The third kappa shape index (κ3) is 4.05. The van der Waals surface area contributed by atoms with E-state index in [1.165, 1.54) is 0 Å². The highest BCUT2D eigenvalue weighted by molar-refractivity contribution is 6.18. The molecule has 0 bridgehead atoms. The molecular formula is C4H9ClO2. The van der Waals surface area contributed by atoms with Gasteiger partial charge in [0, 0.05) is 12.5 Å². The average Bonchev–Trinajstić information content (AvgIpc) is 1.68. The molecule has 0 rings (SSSR count). The lowest BCUT2D eigenvalue weighted by atomic mass is 10.3. The number of hydrogen-bond acceptors (Lipinski definition) is 2. The highest BCUT2D eigenvalue weighted by Crippen LogP contribution is 1.90. The van der Waals surface area contributed by atoms with Crippen molar-refractivity contribution in [2.45, 2.75) is 12.5 Å². The van der Waals surface area contributed by atoms with Crippen LogP contribution >= 0.6 is 11.6 Å². The first-order valence-corrected chi connectivity index (χ1v) is 2.69. The highest BCUT2D eigenvalue weighted by atomic mass is 35.5. The Labute approximate surface area is 47.7 Å². The van der Waals surface area contributed by atoms with Gasteiger partial charge in [0.1, 0.15) is 0 Å². The number of aliphatic hydroxyl groups excluding tert-OH is 2. The van der Waals surface area contributed by atoms with Crippen LogP contribution in [0.4, 0.5) is 0 Å². The Balaban J connectivity index is 2.83. The Morgan fingerprint density at radius 3 is 2.29 bits per heavy atom. The minimum Gasteiger partial charge on any atom is -0.396 e. The van der Waals surface area contributed by atoms with Crippen LogP contribution < -0.4 is 0 Å². The van der Waals surface area contributed by atoms with E-state index < -0.39 is 6.10 Å². The van der Waals surface area contributed by atoms with Crippen LogP contribution in [0.1, 0.15) is 6.42 Å². The zero-order valence-corrected chi connectivity index (χ0v) is 4.73. The van der Waals surface area contributed by atoms with Crippen molar-refractivity contribution in [1.29, 1.82) is 0 Å². The zero-order valence-electron chi connectivity index (χ0n) is 3.97. The van der Waals surface area contributed by atoms with E-state index in [2.05, 4.69) is 0 Å². The van der Waals surface area contributed by atoms with Gasteiger partial charge in [-0.1, -0.05) is 0 Å². The lowest BCUT2D eigenvalue weighted by Gasteiger charge is -1.99. The van der Waals surface area contributed by atoms with Gasteiger partial charge in [-0.3, -0.25) is 0 Å². The van der Waals surface area contributed by atoms with E-state index in [4.69, 9.17) is 21.8 Å². The van der Waals surface area contributed by atoms with Crippen LogP contribution in [-0.2, 0) is 0 Å². The van der Waals surface area contributed by atoms with Crippen LogP contribution in [0, 0.1) is 0 Å². The van der Waals surface area contributed by atoms with Gasteiger partial charge < -0.3 is 10.2 Å². The smallest absolute Gasteiger partial charge is 0.0697 e. The largest absolute Gasteiger partial charge is 0.396 e. The van der Waals surface area contributed by atoms with Gasteiger partial charge in [0.05, 0.1) is 6.10 Å². The fraction of sp³-hybridized carbons (Fsp3) is 1.00. The molecule has 0 spiro atoms. The second-order valence-corrected chi connectivity index (χ2v) is 1.63. The maximum absolute atomic E-state index is 8.57. The van der Waals surface area contributed by atoms with Crippen LogP contribution in [0.15, 0.2) is 0 Å². The van der Waals surface area contributed by atoms with Crippen LogP contribution in [0.25, 0.3) is 0 Å². The lowest BCUT2D eigenvalue weighted by molar-refractivity contribution is 0.151. The monoisotopic (exact) mass is 124 g/mol. The molecule has 0 aromatic rings. The van der Waals surface area contributed by atoms with Crippen molar-refractivity contribution < 1.29 is 10.2 Å². The van der Waals surface area contributed by atoms with E-state index in [1.54, 1.807) is 0 Å². The van der Waals surface area contributed by atoms with Crippen molar-refractivity contribution in [1.82, 2.24) is 0 Å². The third-order valence-corrected chi connectivity index (χ3v) is 0.997. The molecule has 0 heterocycles.